The number of amides is 1. The highest BCUT2D eigenvalue weighted by atomic mass is 32.1. The molecule has 2 aromatic heterocycles. The largest absolute Gasteiger partial charge is 0.506 e. The maximum atomic E-state index is 11.9. The van der Waals surface area contributed by atoms with Crippen LogP contribution in [-0.4, -0.2) is 50.4 Å². The minimum Gasteiger partial charge on any atom is -0.506 e. The SMILES string of the molecule is CCN(c1nn2cc(-c3ccc(C(=O)NCCO)cc3)nc2s1)c1ccccc1O. The Labute approximate surface area is 177 Å². The van der Waals surface area contributed by atoms with Crippen molar-refractivity contribution in [3.8, 4) is 17.0 Å². The van der Waals surface area contributed by atoms with Crippen LogP contribution in [0.5, 0.6) is 5.75 Å². The number of phenolic OH excluding ortho intramolecular Hbond substituents is 1. The van der Waals surface area contributed by atoms with E-state index in [2.05, 4.69) is 15.4 Å². The molecule has 0 saturated carbocycles. The minimum absolute atomic E-state index is 0.0937. The van der Waals surface area contributed by atoms with Crippen LogP contribution in [0, 0.1) is 0 Å². The molecule has 30 heavy (non-hydrogen) atoms. The summed E-state index contributed by atoms with van der Waals surface area (Å²) in [6, 6.07) is 14.3. The van der Waals surface area contributed by atoms with Gasteiger partial charge < -0.3 is 20.4 Å². The van der Waals surface area contributed by atoms with Crippen LogP contribution in [0.1, 0.15) is 17.3 Å². The van der Waals surface area contributed by atoms with Gasteiger partial charge in [0.2, 0.25) is 10.1 Å². The summed E-state index contributed by atoms with van der Waals surface area (Å²) in [5.41, 5.74) is 2.86. The van der Waals surface area contributed by atoms with Crippen LogP contribution in [0.2, 0.25) is 0 Å². The quantitative estimate of drug-likeness (QED) is 0.422. The molecule has 0 unspecified atom stereocenters. The number of rotatable bonds is 7. The summed E-state index contributed by atoms with van der Waals surface area (Å²) in [5.74, 6) is -0.0208. The van der Waals surface area contributed by atoms with Crippen molar-refractivity contribution in [2.45, 2.75) is 6.92 Å². The van der Waals surface area contributed by atoms with E-state index in [1.165, 1.54) is 11.3 Å². The van der Waals surface area contributed by atoms with Crippen LogP contribution in [0.4, 0.5) is 10.8 Å². The first kappa shape index (κ1) is 19.9. The molecular weight excluding hydrogens is 402 g/mol. The zero-order valence-corrected chi connectivity index (χ0v) is 17.1. The molecule has 0 radical (unpaired) electrons. The minimum atomic E-state index is -0.225. The molecule has 4 rings (SSSR count). The fourth-order valence-electron chi connectivity index (χ4n) is 3.10. The molecule has 3 N–H and O–H groups in total. The monoisotopic (exact) mass is 423 g/mol. The molecule has 0 spiro atoms. The van der Waals surface area contributed by atoms with Gasteiger partial charge in [-0.25, -0.2) is 9.50 Å². The third-order valence-corrected chi connectivity index (χ3v) is 5.54. The first-order valence-corrected chi connectivity index (χ1v) is 10.3. The zero-order valence-electron chi connectivity index (χ0n) is 16.3. The fourth-order valence-corrected chi connectivity index (χ4v) is 4.06. The molecule has 0 aliphatic rings. The molecule has 2 heterocycles. The predicted molar refractivity (Wildman–Crippen MR) is 117 cm³/mol. The van der Waals surface area contributed by atoms with Crippen molar-refractivity contribution in [1.82, 2.24) is 19.9 Å². The molecule has 0 aliphatic carbocycles. The number of aromatic hydroxyl groups is 1. The van der Waals surface area contributed by atoms with Crippen molar-refractivity contribution in [2.24, 2.45) is 0 Å². The van der Waals surface area contributed by atoms with E-state index in [4.69, 9.17) is 5.11 Å². The Morgan fingerprint density at radius 3 is 2.63 bits per heavy atom. The molecule has 8 nitrogen and oxygen atoms in total. The highest BCUT2D eigenvalue weighted by Gasteiger charge is 2.17. The van der Waals surface area contributed by atoms with E-state index in [1.54, 1.807) is 28.8 Å². The standard InChI is InChI=1S/C21H21N5O3S/c1-2-25(17-5-3-4-6-18(17)28)21-24-26-13-16(23-20(26)30-21)14-7-9-15(10-8-14)19(29)22-11-12-27/h3-10,13,27-28H,2,11-12H2,1H3,(H,22,29). The van der Waals surface area contributed by atoms with E-state index in [1.807, 2.05) is 42.3 Å². The van der Waals surface area contributed by atoms with Crippen LogP contribution < -0.4 is 10.2 Å². The number of carbonyl (C=O) groups is 1. The van der Waals surface area contributed by atoms with Gasteiger partial charge in [-0.2, -0.15) is 0 Å². The number of imidazole rings is 1. The van der Waals surface area contributed by atoms with E-state index in [-0.39, 0.29) is 24.8 Å². The number of nitrogens with one attached hydrogen (secondary N) is 1. The summed E-state index contributed by atoms with van der Waals surface area (Å²) in [7, 11) is 0. The van der Waals surface area contributed by atoms with Gasteiger partial charge in [0.25, 0.3) is 5.91 Å². The Hall–Kier alpha value is -3.43. The number of hydrogen-bond donors (Lipinski definition) is 3. The Morgan fingerprint density at radius 2 is 1.97 bits per heavy atom. The molecular formula is C21H21N5O3S. The molecule has 0 fully saturated rings. The van der Waals surface area contributed by atoms with E-state index in [9.17, 15) is 9.90 Å². The number of para-hydroxylation sites is 2. The van der Waals surface area contributed by atoms with Crippen LogP contribution in [0.3, 0.4) is 0 Å². The number of aromatic nitrogens is 3. The van der Waals surface area contributed by atoms with Gasteiger partial charge >= 0.3 is 0 Å². The Morgan fingerprint density at radius 1 is 1.20 bits per heavy atom. The Kier molecular flexibility index (Phi) is 5.64. The van der Waals surface area contributed by atoms with Gasteiger partial charge in [0.1, 0.15) is 5.75 Å². The molecule has 9 heteroatoms. The lowest BCUT2D eigenvalue weighted by molar-refractivity contribution is 0.0945. The van der Waals surface area contributed by atoms with E-state index in [0.717, 1.165) is 21.3 Å². The Bertz CT molecular complexity index is 1140. The van der Waals surface area contributed by atoms with Crippen molar-refractivity contribution < 1.29 is 15.0 Å². The first-order chi connectivity index (χ1) is 14.6. The summed E-state index contributed by atoms with van der Waals surface area (Å²) >= 11 is 1.43. The summed E-state index contributed by atoms with van der Waals surface area (Å²) in [6.45, 7) is 2.78. The van der Waals surface area contributed by atoms with Crippen molar-refractivity contribution in [3.05, 3.63) is 60.3 Å². The molecule has 2 aromatic carbocycles. The summed E-state index contributed by atoms with van der Waals surface area (Å²) < 4.78 is 1.72. The first-order valence-electron chi connectivity index (χ1n) is 9.52. The second kappa shape index (κ2) is 8.52. The Balaban J connectivity index is 1.58. The van der Waals surface area contributed by atoms with Crippen LogP contribution >= 0.6 is 11.3 Å². The van der Waals surface area contributed by atoms with Gasteiger partial charge in [0.05, 0.1) is 24.2 Å². The topological polar surface area (TPSA) is 103 Å². The third kappa shape index (κ3) is 3.85. The summed E-state index contributed by atoms with van der Waals surface area (Å²) in [5, 5.41) is 27.0. The van der Waals surface area contributed by atoms with Crippen LogP contribution in [-0.2, 0) is 0 Å². The number of aliphatic hydroxyl groups is 1. The second-order valence-electron chi connectivity index (χ2n) is 6.53. The van der Waals surface area contributed by atoms with Crippen molar-refractivity contribution in [3.63, 3.8) is 0 Å². The normalized spacial score (nSPS) is 11.0. The van der Waals surface area contributed by atoms with E-state index in [0.29, 0.717) is 17.8 Å². The molecule has 0 aliphatic heterocycles. The highest BCUT2D eigenvalue weighted by molar-refractivity contribution is 7.20. The van der Waals surface area contributed by atoms with Crippen molar-refractivity contribution in [1.29, 1.82) is 0 Å². The number of phenols is 1. The molecule has 1 amide bonds. The average Bonchev–Trinajstić information content (AvgIpc) is 3.33. The number of hydrogen-bond acceptors (Lipinski definition) is 7. The molecule has 154 valence electrons. The second-order valence-corrected chi connectivity index (χ2v) is 7.46. The maximum absolute atomic E-state index is 11.9. The zero-order chi connectivity index (χ0) is 21.1. The smallest absolute Gasteiger partial charge is 0.251 e. The van der Waals surface area contributed by atoms with Crippen molar-refractivity contribution >= 4 is 33.0 Å². The van der Waals surface area contributed by atoms with Crippen LogP contribution in [0.15, 0.2) is 54.7 Å². The molecule has 0 saturated heterocycles. The maximum Gasteiger partial charge on any atom is 0.251 e. The third-order valence-electron chi connectivity index (χ3n) is 4.59. The number of benzene rings is 2. The number of carbonyl (C=O) groups excluding carboxylic acids is 1. The summed E-state index contributed by atoms with van der Waals surface area (Å²) in [4.78, 5) is 19.3. The molecule has 0 bridgehead atoms. The number of aliphatic hydroxyl groups excluding tert-OH is 1. The lowest BCUT2D eigenvalue weighted by Gasteiger charge is -2.20. The number of anilines is 2. The summed E-state index contributed by atoms with van der Waals surface area (Å²) in [6.07, 6.45) is 1.84. The average molecular weight is 423 g/mol. The lowest BCUT2D eigenvalue weighted by Crippen LogP contribution is -2.26. The van der Waals surface area contributed by atoms with Crippen molar-refractivity contribution in [2.75, 3.05) is 24.6 Å². The van der Waals surface area contributed by atoms with E-state index < -0.39 is 0 Å². The molecule has 4 aromatic rings. The van der Waals surface area contributed by atoms with Crippen LogP contribution in [0.25, 0.3) is 16.2 Å². The van der Waals surface area contributed by atoms with Gasteiger partial charge in [-0.3, -0.25) is 4.79 Å². The number of nitrogens with zero attached hydrogens (tertiary/aromatic N) is 4. The number of fused-ring (bicyclic) bond motifs is 1. The highest BCUT2D eigenvalue weighted by Crippen LogP contribution is 2.35. The van der Waals surface area contributed by atoms with Gasteiger partial charge in [-0.1, -0.05) is 35.6 Å². The lowest BCUT2D eigenvalue weighted by atomic mass is 10.1. The van der Waals surface area contributed by atoms with Gasteiger partial charge in [-0.15, -0.1) is 5.10 Å². The molecule has 0 atom stereocenters. The fraction of sp³-hybridized carbons (Fsp3) is 0.190. The van der Waals surface area contributed by atoms with E-state index >= 15 is 0 Å². The van der Waals surface area contributed by atoms with Gasteiger partial charge in [0.15, 0.2) is 0 Å². The predicted octanol–water partition coefficient (Wildman–Crippen LogP) is 3.04. The van der Waals surface area contributed by atoms with Gasteiger partial charge in [0, 0.05) is 24.2 Å². The van der Waals surface area contributed by atoms with Gasteiger partial charge in [-0.05, 0) is 31.2 Å².